The molecule has 2 aromatic rings. The molecule has 0 aliphatic heterocycles. The maximum atomic E-state index is 3.44. The van der Waals surface area contributed by atoms with Crippen molar-refractivity contribution in [3.8, 4) is 0 Å². The van der Waals surface area contributed by atoms with Gasteiger partial charge in [-0.15, -0.1) is 0 Å². The fraction of sp³-hybridized carbons (Fsp3) is 0.286. The van der Waals surface area contributed by atoms with Gasteiger partial charge >= 0.3 is 0 Å². The van der Waals surface area contributed by atoms with Gasteiger partial charge in [0.1, 0.15) is 0 Å². The Morgan fingerprint density at radius 3 is 2.47 bits per heavy atom. The Morgan fingerprint density at radius 2 is 1.73 bits per heavy atom. The molecule has 78 valence electrons. The van der Waals surface area contributed by atoms with E-state index in [9.17, 15) is 0 Å². The summed E-state index contributed by atoms with van der Waals surface area (Å²) in [5.41, 5.74) is 1.21. The fourth-order valence-corrected chi connectivity index (χ4v) is 1.62. The molecule has 0 amide bonds. The molecule has 1 N–H and O–H groups in total. The molecule has 0 fully saturated rings. The Kier molecular flexibility index (Phi) is 2.91. The highest BCUT2D eigenvalue weighted by molar-refractivity contribution is 5.85. The van der Waals surface area contributed by atoms with E-state index in [-0.39, 0.29) is 0 Å². The number of nitrogens with one attached hydrogen (secondary N) is 1. The first-order valence-electron chi connectivity index (χ1n) is 5.48. The second-order valence-electron chi connectivity index (χ2n) is 4.34. The lowest BCUT2D eigenvalue weighted by Gasteiger charge is -2.09. The maximum Gasteiger partial charge on any atom is 0.0346 e. The summed E-state index contributed by atoms with van der Waals surface area (Å²) in [7, 11) is 0. The fourth-order valence-electron chi connectivity index (χ4n) is 1.62. The lowest BCUT2D eigenvalue weighted by molar-refractivity contribution is 0.689. The topological polar surface area (TPSA) is 12.0 Å². The van der Waals surface area contributed by atoms with E-state index in [1.165, 1.54) is 16.5 Å². The normalized spacial score (nSPS) is 10.9. The van der Waals surface area contributed by atoms with Crippen LogP contribution in [0.15, 0.2) is 42.5 Å². The van der Waals surface area contributed by atoms with Crippen molar-refractivity contribution in [1.82, 2.24) is 0 Å². The lowest BCUT2D eigenvalue weighted by atomic mass is 10.1. The van der Waals surface area contributed by atoms with Crippen LogP contribution in [0.1, 0.15) is 13.8 Å². The van der Waals surface area contributed by atoms with E-state index in [0.717, 1.165) is 6.54 Å². The third-order valence-electron chi connectivity index (χ3n) is 2.46. The zero-order valence-electron chi connectivity index (χ0n) is 9.33. The maximum absolute atomic E-state index is 3.44. The molecule has 0 radical (unpaired) electrons. The van der Waals surface area contributed by atoms with Crippen molar-refractivity contribution in [2.45, 2.75) is 13.8 Å². The molecule has 0 unspecified atom stereocenters. The SMILES string of the molecule is CC(C)CNc1ccc2ccccc2c1. The van der Waals surface area contributed by atoms with Gasteiger partial charge in [0.25, 0.3) is 0 Å². The minimum absolute atomic E-state index is 0.677. The Morgan fingerprint density at radius 1 is 1.00 bits per heavy atom. The van der Waals surface area contributed by atoms with E-state index >= 15 is 0 Å². The average molecular weight is 199 g/mol. The number of hydrogen-bond donors (Lipinski definition) is 1. The molecule has 0 aliphatic carbocycles. The lowest BCUT2D eigenvalue weighted by Crippen LogP contribution is -2.07. The summed E-state index contributed by atoms with van der Waals surface area (Å²) in [5, 5.41) is 6.03. The highest BCUT2D eigenvalue weighted by atomic mass is 14.9. The second-order valence-corrected chi connectivity index (χ2v) is 4.34. The van der Waals surface area contributed by atoms with Gasteiger partial charge in [-0.25, -0.2) is 0 Å². The van der Waals surface area contributed by atoms with Crippen LogP contribution >= 0.6 is 0 Å². The van der Waals surface area contributed by atoms with Crippen LogP contribution in [-0.4, -0.2) is 6.54 Å². The molecule has 15 heavy (non-hydrogen) atoms. The summed E-state index contributed by atoms with van der Waals surface area (Å²) in [6, 6.07) is 15.0. The molecule has 0 atom stereocenters. The predicted octanol–water partition coefficient (Wildman–Crippen LogP) is 3.91. The van der Waals surface area contributed by atoms with Gasteiger partial charge in [0.2, 0.25) is 0 Å². The highest BCUT2D eigenvalue weighted by Crippen LogP contribution is 2.18. The van der Waals surface area contributed by atoms with E-state index in [2.05, 4.69) is 61.6 Å². The smallest absolute Gasteiger partial charge is 0.0346 e. The minimum atomic E-state index is 0.677. The van der Waals surface area contributed by atoms with Gasteiger partial charge in [-0.05, 0) is 28.8 Å². The molecule has 1 nitrogen and oxygen atoms in total. The molecule has 2 aromatic carbocycles. The zero-order valence-corrected chi connectivity index (χ0v) is 9.33. The largest absolute Gasteiger partial charge is 0.385 e. The van der Waals surface area contributed by atoms with Crippen molar-refractivity contribution in [2.24, 2.45) is 5.92 Å². The van der Waals surface area contributed by atoms with Crippen molar-refractivity contribution < 1.29 is 0 Å². The second kappa shape index (κ2) is 4.35. The Hall–Kier alpha value is -1.50. The molecule has 0 spiro atoms. The number of fused-ring (bicyclic) bond motifs is 1. The standard InChI is InChI=1S/C14H17N/c1-11(2)10-15-14-8-7-12-5-3-4-6-13(12)9-14/h3-9,11,15H,10H2,1-2H3. The monoisotopic (exact) mass is 199 g/mol. The van der Waals surface area contributed by atoms with Crippen LogP contribution in [0, 0.1) is 5.92 Å². The third kappa shape index (κ3) is 2.50. The van der Waals surface area contributed by atoms with Crippen LogP contribution in [0.25, 0.3) is 10.8 Å². The van der Waals surface area contributed by atoms with Crippen molar-refractivity contribution in [3.63, 3.8) is 0 Å². The molecule has 0 aliphatic rings. The molecular weight excluding hydrogens is 182 g/mol. The van der Waals surface area contributed by atoms with Crippen LogP contribution in [0.5, 0.6) is 0 Å². The van der Waals surface area contributed by atoms with Crippen LogP contribution in [0.4, 0.5) is 5.69 Å². The summed E-state index contributed by atoms with van der Waals surface area (Å²) < 4.78 is 0. The highest BCUT2D eigenvalue weighted by Gasteiger charge is 1.96. The number of rotatable bonds is 3. The van der Waals surface area contributed by atoms with Crippen molar-refractivity contribution in [1.29, 1.82) is 0 Å². The first kappa shape index (κ1) is 10.0. The molecule has 2 rings (SSSR count). The predicted molar refractivity (Wildman–Crippen MR) is 67.3 cm³/mol. The first-order valence-corrected chi connectivity index (χ1v) is 5.48. The summed E-state index contributed by atoms with van der Waals surface area (Å²) >= 11 is 0. The van der Waals surface area contributed by atoms with Gasteiger partial charge in [0, 0.05) is 12.2 Å². The van der Waals surface area contributed by atoms with Gasteiger partial charge < -0.3 is 5.32 Å². The van der Waals surface area contributed by atoms with Crippen molar-refractivity contribution in [2.75, 3.05) is 11.9 Å². The summed E-state index contributed by atoms with van der Waals surface area (Å²) in [6.45, 7) is 5.46. The average Bonchev–Trinajstić information content (AvgIpc) is 2.26. The zero-order chi connectivity index (χ0) is 10.7. The van der Waals surface area contributed by atoms with Crippen LogP contribution in [0.2, 0.25) is 0 Å². The molecule has 0 aromatic heterocycles. The van der Waals surface area contributed by atoms with Gasteiger partial charge in [-0.2, -0.15) is 0 Å². The summed E-state index contributed by atoms with van der Waals surface area (Å²) in [6.07, 6.45) is 0. The number of anilines is 1. The molecule has 0 saturated carbocycles. The summed E-state index contributed by atoms with van der Waals surface area (Å²) in [5.74, 6) is 0.677. The van der Waals surface area contributed by atoms with Gasteiger partial charge in [-0.1, -0.05) is 44.2 Å². The van der Waals surface area contributed by atoms with E-state index in [0.29, 0.717) is 5.92 Å². The van der Waals surface area contributed by atoms with E-state index in [1.54, 1.807) is 0 Å². The molecule has 0 saturated heterocycles. The van der Waals surface area contributed by atoms with Gasteiger partial charge in [0.05, 0.1) is 0 Å². The van der Waals surface area contributed by atoms with Crippen molar-refractivity contribution in [3.05, 3.63) is 42.5 Å². The Balaban J connectivity index is 2.23. The van der Waals surface area contributed by atoms with Crippen LogP contribution < -0.4 is 5.32 Å². The van der Waals surface area contributed by atoms with Crippen molar-refractivity contribution >= 4 is 16.5 Å². The summed E-state index contributed by atoms with van der Waals surface area (Å²) in [4.78, 5) is 0. The van der Waals surface area contributed by atoms with Gasteiger partial charge in [-0.3, -0.25) is 0 Å². The van der Waals surface area contributed by atoms with Gasteiger partial charge in [0.15, 0.2) is 0 Å². The molecule has 1 heteroatoms. The molecule has 0 heterocycles. The number of benzene rings is 2. The number of hydrogen-bond acceptors (Lipinski definition) is 1. The Bertz CT molecular complexity index is 446. The molecule has 0 bridgehead atoms. The minimum Gasteiger partial charge on any atom is -0.385 e. The van der Waals surface area contributed by atoms with E-state index < -0.39 is 0 Å². The first-order chi connectivity index (χ1) is 7.25. The van der Waals surface area contributed by atoms with E-state index in [4.69, 9.17) is 0 Å². The van der Waals surface area contributed by atoms with E-state index in [1.807, 2.05) is 0 Å². The molecular formula is C14H17N. The third-order valence-corrected chi connectivity index (χ3v) is 2.46. The Labute approximate surface area is 91.1 Å². The quantitative estimate of drug-likeness (QED) is 0.790. The van der Waals surface area contributed by atoms with Crippen LogP contribution in [-0.2, 0) is 0 Å². The van der Waals surface area contributed by atoms with Crippen LogP contribution in [0.3, 0.4) is 0 Å².